The quantitative estimate of drug-likeness (QED) is 0.733. The van der Waals surface area contributed by atoms with Gasteiger partial charge in [0, 0.05) is 0 Å². The molecule has 3 heteroatoms. The van der Waals surface area contributed by atoms with Gasteiger partial charge in [0.2, 0.25) is 0 Å². The lowest BCUT2D eigenvalue weighted by atomic mass is 10.0. The third kappa shape index (κ3) is 1.02. The van der Waals surface area contributed by atoms with Crippen LogP contribution >= 0.6 is 0 Å². The van der Waals surface area contributed by atoms with Crippen LogP contribution in [0.3, 0.4) is 0 Å². The van der Waals surface area contributed by atoms with Gasteiger partial charge in [-0.3, -0.25) is 0 Å². The SMILES string of the molecule is O=C1N[C@@H](c2ccccc2)C2(CC2)O1. The van der Waals surface area contributed by atoms with Gasteiger partial charge in [0.1, 0.15) is 5.60 Å². The predicted molar refractivity (Wildman–Crippen MR) is 50.8 cm³/mol. The fourth-order valence-electron chi connectivity index (χ4n) is 2.07. The van der Waals surface area contributed by atoms with Gasteiger partial charge in [0.05, 0.1) is 6.04 Å². The van der Waals surface area contributed by atoms with E-state index >= 15 is 0 Å². The lowest BCUT2D eigenvalue weighted by Crippen LogP contribution is -2.23. The van der Waals surface area contributed by atoms with Crippen molar-refractivity contribution in [2.45, 2.75) is 24.5 Å². The minimum atomic E-state index is -0.281. The number of carbonyl (C=O) groups excluding carboxylic acids is 1. The van der Waals surface area contributed by atoms with E-state index in [1.54, 1.807) is 0 Å². The van der Waals surface area contributed by atoms with E-state index in [0.29, 0.717) is 0 Å². The van der Waals surface area contributed by atoms with E-state index in [2.05, 4.69) is 5.32 Å². The molecular formula is C11H11NO2. The highest BCUT2D eigenvalue weighted by molar-refractivity contribution is 5.72. The highest BCUT2D eigenvalue weighted by atomic mass is 16.6. The molecule has 1 amide bonds. The van der Waals surface area contributed by atoms with Crippen molar-refractivity contribution in [3.8, 4) is 0 Å². The van der Waals surface area contributed by atoms with Gasteiger partial charge >= 0.3 is 6.09 Å². The van der Waals surface area contributed by atoms with Crippen LogP contribution in [0.5, 0.6) is 0 Å². The molecule has 1 aliphatic heterocycles. The summed E-state index contributed by atoms with van der Waals surface area (Å²) in [6, 6.07) is 10.0. The second-order valence-electron chi connectivity index (χ2n) is 3.94. The normalized spacial score (nSPS) is 27.1. The fraction of sp³-hybridized carbons (Fsp3) is 0.364. The Bertz CT molecular complexity index is 370. The summed E-state index contributed by atoms with van der Waals surface area (Å²) in [5.74, 6) is 0. The Labute approximate surface area is 82.1 Å². The second kappa shape index (κ2) is 2.50. The highest BCUT2D eigenvalue weighted by Crippen LogP contribution is 2.52. The van der Waals surface area contributed by atoms with Crippen molar-refractivity contribution >= 4 is 6.09 Å². The molecule has 1 aromatic rings. The van der Waals surface area contributed by atoms with Crippen LogP contribution in [0.15, 0.2) is 30.3 Å². The van der Waals surface area contributed by atoms with Gasteiger partial charge in [-0.15, -0.1) is 0 Å². The minimum Gasteiger partial charge on any atom is -0.440 e. The summed E-state index contributed by atoms with van der Waals surface area (Å²) < 4.78 is 5.28. The first kappa shape index (κ1) is 7.85. The molecule has 0 aromatic heterocycles. The van der Waals surface area contributed by atoms with E-state index in [1.165, 1.54) is 0 Å². The topological polar surface area (TPSA) is 38.3 Å². The number of amides is 1. The molecule has 3 rings (SSSR count). The molecule has 1 N–H and O–H groups in total. The standard InChI is InChI=1S/C11H11NO2/c13-10-12-9(11(14-10)6-7-11)8-4-2-1-3-5-8/h1-5,9H,6-7H2,(H,12,13)/t9-/m0/s1. The van der Waals surface area contributed by atoms with Gasteiger partial charge in [-0.2, -0.15) is 0 Å². The van der Waals surface area contributed by atoms with Crippen LogP contribution < -0.4 is 5.32 Å². The summed E-state index contributed by atoms with van der Waals surface area (Å²) >= 11 is 0. The van der Waals surface area contributed by atoms with Crippen LogP contribution in [-0.2, 0) is 4.74 Å². The van der Waals surface area contributed by atoms with E-state index < -0.39 is 0 Å². The number of rotatable bonds is 1. The first-order valence-electron chi connectivity index (χ1n) is 4.85. The fourth-order valence-corrected chi connectivity index (χ4v) is 2.07. The summed E-state index contributed by atoms with van der Waals surface area (Å²) in [4.78, 5) is 11.1. The van der Waals surface area contributed by atoms with Crippen molar-refractivity contribution in [3.05, 3.63) is 35.9 Å². The molecule has 2 aliphatic rings. The summed E-state index contributed by atoms with van der Waals surface area (Å²) in [5.41, 5.74) is 0.911. The Hall–Kier alpha value is -1.51. The van der Waals surface area contributed by atoms with Crippen molar-refractivity contribution in [2.75, 3.05) is 0 Å². The molecule has 1 atom stereocenters. The first-order chi connectivity index (χ1) is 6.80. The molecule has 1 saturated heterocycles. The smallest absolute Gasteiger partial charge is 0.408 e. The molecule has 14 heavy (non-hydrogen) atoms. The minimum absolute atomic E-state index is 0.0520. The molecule has 1 aliphatic carbocycles. The maximum Gasteiger partial charge on any atom is 0.408 e. The molecule has 2 fully saturated rings. The first-order valence-corrected chi connectivity index (χ1v) is 4.85. The number of benzene rings is 1. The van der Waals surface area contributed by atoms with E-state index in [4.69, 9.17) is 4.74 Å². The van der Waals surface area contributed by atoms with Crippen molar-refractivity contribution in [1.29, 1.82) is 0 Å². The Morgan fingerprint density at radius 2 is 2.00 bits per heavy atom. The Morgan fingerprint density at radius 1 is 1.29 bits per heavy atom. The number of nitrogens with one attached hydrogen (secondary N) is 1. The van der Waals surface area contributed by atoms with E-state index in [0.717, 1.165) is 18.4 Å². The van der Waals surface area contributed by atoms with Crippen LogP contribution in [-0.4, -0.2) is 11.7 Å². The number of ether oxygens (including phenoxy) is 1. The molecule has 1 saturated carbocycles. The van der Waals surface area contributed by atoms with Crippen LogP contribution in [0.4, 0.5) is 4.79 Å². The average molecular weight is 189 g/mol. The molecule has 72 valence electrons. The molecule has 0 radical (unpaired) electrons. The van der Waals surface area contributed by atoms with Crippen LogP contribution in [0.2, 0.25) is 0 Å². The van der Waals surface area contributed by atoms with E-state index in [1.807, 2.05) is 30.3 Å². The van der Waals surface area contributed by atoms with E-state index in [-0.39, 0.29) is 17.7 Å². The zero-order valence-corrected chi connectivity index (χ0v) is 7.69. The Kier molecular flexibility index (Phi) is 1.40. The molecule has 0 unspecified atom stereocenters. The average Bonchev–Trinajstić information content (AvgIpc) is 2.87. The summed E-state index contributed by atoms with van der Waals surface area (Å²) in [6.07, 6.45) is 1.67. The van der Waals surface area contributed by atoms with Gasteiger partial charge in [-0.05, 0) is 18.4 Å². The second-order valence-corrected chi connectivity index (χ2v) is 3.94. The number of hydrogen-bond acceptors (Lipinski definition) is 2. The summed E-state index contributed by atoms with van der Waals surface area (Å²) in [7, 11) is 0. The van der Waals surface area contributed by atoms with Gasteiger partial charge in [-0.25, -0.2) is 4.79 Å². The van der Waals surface area contributed by atoms with Crippen LogP contribution in [0.1, 0.15) is 24.4 Å². The van der Waals surface area contributed by atoms with Crippen LogP contribution in [0.25, 0.3) is 0 Å². The largest absolute Gasteiger partial charge is 0.440 e. The predicted octanol–water partition coefficient (Wildman–Crippen LogP) is 2.00. The zero-order chi connectivity index (χ0) is 9.60. The molecule has 1 spiro atoms. The van der Waals surface area contributed by atoms with Crippen molar-refractivity contribution in [2.24, 2.45) is 0 Å². The van der Waals surface area contributed by atoms with Crippen LogP contribution in [0, 0.1) is 0 Å². The Morgan fingerprint density at radius 3 is 2.64 bits per heavy atom. The van der Waals surface area contributed by atoms with Gasteiger partial charge < -0.3 is 10.1 Å². The third-order valence-corrected chi connectivity index (χ3v) is 2.96. The monoisotopic (exact) mass is 189 g/mol. The third-order valence-electron chi connectivity index (χ3n) is 2.96. The lowest BCUT2D eigenvalue weighted by Gasteiger charge is -2.15. The molecule has 3 nitrogen and oxygen atoms in total. The number of hydrogen-bond donors (Lipinski definition) is 1. The lowest BCUT2D eigenvalue weighted by molar-refractivity contribution is 0.117. The zero-order valence-electron chi connectivity index (χ0n) is 7.69. The summed E-state index contributed by atoms with van der Waals surface area (Å²) in [5, 5.41) is 2.86. The van der Waals surface area contributed by atoms with E-state index in [9.17, 15) is 4.79 Å². The van der Waals surface area contributed by atoms with Crippen molar-refractivity contribution in [3.63, 3.8) is 0 Å². The maximum atomic E-state index is 11.1. The van der Waals surface area contributed by atoms with Crippen molar-refractivity contribution in [1.82, 2.24) is 5.32 Å². The summed E-state index contributed by atoms with van der Waals surface area (Å²) in [6.45, 7) is 0. The highest BCUT2D eigenvalue weighted by Gasteiger charge is 2.58. The number of alkyl carbamates (subject to hydrolysis) is 1. The molecule has 0 bridgehead atoms. The molecular weight excluding hydrogens is 178 g/mol. The van der Waals surface area contributed by atoms with Gasteiger partial charge in [0.25, 0.3) is 0 Å². The van der Waals surface area contributed by atoms with Gasteiger partial charge in [0.15, 0.2) is 0 Å². The van der Waals surface area contributed by atoms with Gasteiger partial charge in [-0.1, -0.05) is 30.3 Å². The molecule has 1 heterocycles. The number of carbonyl (C=O) groups is 1. The Balaban J connectivity index is 1.96. The maximum absolute atomic E-state index is 11.1. The molecule has 1 aromatic carbocycles. The van der Waals surface area contributed by atoms with Crippen molar-refractivity contribution < 1.29 is 9.53 Å².